The molecular formula is C13H13Cl2NS. The number of thiophene rings is 1. The normalized spacial score (nSPS) is 12.7. The second-order valence-electron chi connectivity index (χ2n) is 3.84. The quantitative estimate of drug-likeness (QED) is 0.837. The molecule has 2 rings (SSSR count). The fraction of sp³-hybridized carbons (Fsp3) is 0.231. The summed E-state index contributed by atoms with van der Waals surface area (Å²) in [6.45, 7) is 2.08. The van der Waals surface area contributed by atoms with Crippen molar-refractivity contribution in [3.63, 3.8) is 0 Å². The highest BCUT2D eigenvalue weighted by Gasteiger charge is 2.11. The van der Waals surface area contributed by atoms with Crippen LogP contribution in [-0.2, 0) is 0 Å². The molecule has 4 heteroatoms. The Morgan fingerprint density at radius 3 is 2.47 bits per heavy atom. The highest BCUT2D eigenvalue weighted by Crippen LogP contribution is 2.36. The Labute approximate surface area is 115 Å². The Morgan fingerprint density at radius 1 is 1.18 bits per heavy atom. The van der Waals surface area contributed by atoms with Crippen molar-refractivity contribution in [2.75, 3.05) is 7.05 Å². The first-order valence-corrected chi connectivity index (χ1v) is 6.97. The van der Waals surface area contributed by atoms with Gasteiger partial charge in [-0.05, 0) is 42.6 Å². The zero-order valence-electron chi connectivity index (χ0n) is 9.63. The summed E-state index contributed by atoms with van der Waals surface area (Å²) < 4.78 is 0. The highest BCUT2D eigenvalue weighted by atomic mass is 35.5. The van der Waals surface area contributed by atoms with Crippen molar-refractivity contribution in [1.82, 2.24) is 5.32 Å². The summed E-state index contributed by atoms with van der Waals surface area (Å²) in [6, 6.07) is 8.24. The van der Waals surface area contributed by atoms with Gasteiger partial charge in [0.25, 0.3) is 0 Å². The first-order chi connectivity index (χ1) is 8.13. The number of hydrogen-bond donors (Lipinski definition) is 1. The Balaban J connectivity index is 2.41. The number of rotatable bonds is 3. The zero-order valence-corrected chi connectivity index (χ0v) is 12.0. The molecule has 0 spiro atoms. The molecule has 0 saturated carbocycles. The maximum Gasteiger partial charge on any atom is 0.0592 e. The predicted molar refractivity (Wildman–Crippen MR) is 77.2 cm³/mol. The van der Waals surface area contributed by atoms with Gasteiger partial charge >= 0.3 is 0 Å². The molecule has 1 unspecified atom stereocenters. The van der Waals surface area contributed by atoms with Gasteiger partial charge in [0, 0.05) is 11.1 Å². The first kappa shape index (κ1) is 12.9. The summed E-state index contributed by atoms with van der Waals surface area (Å²) in [5.41, 5.74) is 2.17. The maximum atomic E-state index is 6.29. The summed E-state index contributed by atoms with van der Waals surface area (Å²) in [6.07, 6.45) is 0. The molecule has 1 N–H and O–H groups in total. The van der Waals surface area contributed by atoms with Crippen molar-refractivity contribution in [1.29, 1.82) is 0 Å². The molecule has 17 heavy (non-hydrogen) atoms. The van der Waals surface area contributed by atoms with Gasteiger partial charge in [0.1, 0.15) is 0 Å². The van der Waals surface area contributed by atoms with Gasteiger partial charge in [-0.1, -0.05) is 35.3 Å². The molecule has 0 aliphatic carbocycles. The fourth-order valence-electron chi connectivity index (χ4n) is 1.67. The molecule has 1 aromatic heterocycles. The van der Waals surface area contributed by atoms with E-state index in [-0.39, 0.29) is 6.04 Å². The molecule has 2 aromatic rings. The molecular weight excluding hydrogens is 273 g/mol. The van der Waals surface area contributed by atoms with E-state index >= 15 is 0 Å². The molecule has 1 nitrogen and oxygen atoms in total. The molecule has 0 fully saturated rings. The van der Waals surface area contributed by atoms with Gasteiger partial charge in [0.05, 0.1) is 9.90 Å². The molecule has 1 aromatic carbocycles. The van der Waals surface area contributed by atoms with Gasteiger partial charge in [0.15, 0.2) is 0 Å². The van der Waals surface area contributed by atoms with Crippen LogP contribution in [0.1, 0.15) is 18.5 Å². The van der Waals surface area contributed by atoms with Crippen LogP contribution in [0.25, 0.3) is 10.4 Å². The van der Waals surface area contributed by atoms with Crippen LogP contribution in [0, 0.1) is 0 Å². The monoisotopic (exact) mass is 285 g/mol. The Morgan fingerprint density at radius 2 is 1.94 bits per heavy atom. The van der Waals surface area contributed by atoms with Gasteiger partial charge in [-0.3, -0.25) is 0 Å². The number of halogens is 2. The fourth-order valence-corrected chi connectivity index (χ4v) is 3.18. The van der Waals surface area contributed by atoms with Crippen molar-refractivity contribution >= 4 is 34.5 Å². The van der Waals surface area contributed by atoms with Crippen molar-refractivity contribution in [3.05, 3.63) is 45.3 Å². The molecule has 0 saturated heterocycles. The lowest BCUT2D eigenvalue weighted by atomic mass is 10.1. The van der Waals surface area contributed by atoms with Crippen molar-refractivity contribution < 1.29 is 0 Å². The summed E-state index contributed by atoms with van der Waals surface area (Å²) in [5, 5.41) is 6.71. The van der Waals surface area contributed by atoms with E-state index in [1.54, 1.807) is 11.3 Å². The van der Waals surface area contributed by atoms with E-state index in [0.717, 1.165) is 26.0 Å². The van der Waals surface area contributed by atoms with Crippen molar-refractivity contribution in [2.24, 2.45) is 0 Å². The van der Waals surface area contributed by atoms with E-state index in [2.05, 4.69) is 24.4 Å². The second-order valence-corrected chi connectivity index (χ2v) is 5.57. The Hall–Kier alpha value is -0.540. The minimum absolute atomic E-state index is 0.246. The van der Waals surface area contributed by atoms with Gasteiger partial charge in [0.2, 0.25) is 0 Å². The highest BCUT2D eigenvalue weighted by molar-refractivity contribution is 7.14. The maximum absolute atomic E-state index is 6.29. The molecule has 0 radical (unpaired) electrons. The summed E-state index contributed by atoms with van der Waals surface area (Å²) in [5.74, 6) is 0. The van der Waals surface area contributed by atoms with Crippen LogP contribution in [0.15, 0.2) is 29.6 Å². The third kappa shape index (κ3) is 2.66. The molecule has 0 aliphatic heterocycles. The molecule has 1 heterocycles. The van der Waals surface area contributed by atoms with Crippen LogP contribution in [0.4, 0.5) is 0 Å². The average molecular weight is 286 g/mol. The van der Waals surface area contributed by atoms with Crippen molar-refractivity contribution in [2.45, 2.75) is 13.0 Å². The van der Waals surface area contributed by atoms with Crippen LogP contribution < -0.4 is 5.32 Å². The molecule has 0 aliphatic rings. The third-order valence-corrected chi connectivity index (χ3v) is 4.50. The zero-order chi connectivity index (χ0) is 12.4. The van der Waals surface area contributed by atoms with E-state index in [1.807, 2.05) is 24.6 Å². The lowest BCUT2D eigenvalue weighted by molar-refractivity contribution is 0.652. The topological polar surface area (TPSA) is 12.0 Å². The Bertz CT molecular complexity index is 522. The van der Waals surface area contributed by atoms with Gasteiger partial charge < -0.3 is 5.32 Å². The number of benzene rings is 1. The molecule has 1 atom stereocenters. The second kappa shape index (κ2) is 5.40. The molecule has 0 amide bonds. The Kier molecular flexibility index (Phi) is 4.10. The standard InChI is InChI=1S/C13H13Cl2NS/c1-8(16-2)10-4-3-9(7-12(10)15)13-11(14)5-6-17-13/h3-8,16H,1-2H3. The van der Waals surface area contributed by atoms with Crippen molar-refractivity contribution in [3.8, 4) is 10.4 Å². The van der Waals surface area contributed by atoms with Gasteiger partial charge in [-0.25, -0.2) is 0 Å². The van der Waals surface area contributed by atoms with Crippen LogP contribution in [0.3, 0.4) is 0 Å². The van der Waals surface area contributed by atoms with Crippen LogP contribution >= 0.6 is 34.5 Å². The minimum Gasteiger partial charge on any atom is -0.313 e. The van der Waals surface area contributed by atoms with Crippen LogP contribution in [-0.4, -0.2) is 7.05 Å². The van der Waals surface area contributed by atoms with E-state index in [0.29, 0.717) is 0 Å². The third-order valence-electron chi connectivity index (χ3n) is 2.78. The summed E-state index contributed by atoms with van der Waals surface area (Å²) >= 11 is 14.0. The van der Waals surface area contributed by atoms with E-state index in [4.69, 9.17) is 23.2 Å². The largest absolute Gasteiger partial charge is 0.313 e. The minimum atomic E-state index is 0.246. The summed E-state index contributed by atoms with van der Waals surface area (Å²) in [7, 11) is 1.92. The van der Waals surface area contributed by atoms with Crippen LogP contribution in [0.2, 0.25) is 10.0 Å². The van der Waals surface area contributed by atoms with Gasteiger partial charge in [-0.2, -0.15) is 0 Å². The number of hydrogen-bond acceptors (Lipinski definition) is 2. The SMILES string of the molecule is CNC(C)c1ccc(-c2sccc2Cl)cc1Cl. The predicted octanol–water partition coefficient (Wildman–Crippen LogP) is 5.00. The molecule has 0 bridgehead atoms. The summed E-state index contributed by atoms with van der Waals surface area (Å²) in [4.78, 5) is 1.07. The molecule has 90 valence electrons. The van der Waals surface area contributed by atoms with E-state index in [9.17, 15) is 0 Å². The van der Waals surface area contributed by atoms with E-state index < -0.39 is 0 Å². The first-order valence-electron chi connectivity index (χ1n) is 5.33. The number of nitrogens with one attached hydrogen (secondary N) is 1. The van der Waals surface area contributed by atoms with Gasteiger partial charge in [-0.15, -0.1) is 11.3 Å². The average Bonchev–Trinajstić information content (AvgIpc) is 2.74. The van der Waals surface area contributed by atoms with Crippen LogP contribution in [0.5, 0.6) is 0 Å². The van der Waals surface area contributed by atoms with E-state index in [1.165, 1.54) is 0 Å². The lowest BCUT2D eigenvalue weighted by Gasteiger charge is -2.13. The lowest BCUT2D eigenvalue weighted by Crippen LogP contribution is -2.12. The smallest absolute Gasteiger partial charge is 0.0592 e.